The SMILES string of the molecule is Cc1sc(N(CCc2ccc(Cl)cc2)Cc2cccc(F)c2)nc1C(=O)NS(C)(=O)=O. The molecule has 0 saturated heterocycles. The highest BCUT2D eigenvalue weighted by molar-refractivity contribution is 7.89. The Morgan fingerprint density at radius 1 is 1.19 bits per heavy atom. The molecule has 0 aliphatic heterocycles. The van der Waals surface area contributed by atoms with Gasteiger partial charge >= 0.3 is 0 Å². The number of carbonyl (C=O) groups is 1. The fraction of sp³-hybridized carbons (Fsp3) is 0.238. The van der Waals surface area contributed by atoms with Gasteiger partial charge in [0, 0.05) is 23.0 Å². The second-order valence-electron chi connectivity index (χ2n) is 7.03. The van der Waals surface area contributed by atoms with E-state index in [0.29, 0.717) is 34.5 Å². The summed E-state index contributed by atoms with van der Waals surface area (Å²) in [6, 6.07) is 13.8. The molecule has 3 aromatic rings. The highest BCUT2D eigenvalue weighted by atomic mass is 35.5. The van der Waals surface area contributed by atoms with Gasteiger partial charge in [-0.05, 0) is 48.7 Å². The minimum atomic E-state index is -3.70. The van der Waals surface area contributed by atoms with Crippen LogP contribution in [0.1, 0.15) is 26.5 Å². The Labute approximate surface area is 189 Å². The predicted molar refractivity (Wildman–Crippen MR) is 122 cm³/mol. The molecule has 0 atom stereocenters. The minimum Gasteiger partial charge on any atom is -0.343 e. The number of benzene rings is 2. The Hall–Kier alpha value is -2.49. The van der Waals surface area contributed by atoms with E-state index in [1.54, 1.807) is 13.0 Å². The van der Waals surface area contributed by atoms with E-state index in [2.05, 4.69) is 4.98 Å². The van der Waals surface area contributed by atoms with Gasteiger partial charge in [0.25, 0.3) is 5.91 Å². The number of hydrogen-bond donors (Lipinski definition) is 1. The van der Waals surface area contributed by atoms with E-state index in [9.17, 15) is 17.6 Å². The van der Waals surface area contributed by atoms with Crippen molar-refractivity contribution in [2.75, 3.05) is 17.7 Å². The average Bonchev–Trinajstić information content (AvgIpc) is 3.07. The second-order valence-corrected chi connectivity index (χ2v) is 10.4. The minimum absolute atomic E-state index is 0.0566. The van der Waals surface area contributed by atoms with Crippen LogP contribution in [0.25, 0.3) is 0 Å². The summed E-state index contributed by atoms with van der Waals surface area (Å²) in [4.78, 5) is 19.2. The number of aromatic nitrogens is 1. The number of hydrogen-bond acceptors (Lipinski definition) is 6. The van der Waals surface area contributed by atoms with E-state index in [-0.39, 0.29) is 11.5 Å². The number of thiazole rings is 1. The molecule has 6 nitrogen and oxygen atoms in total. The number of amides is 1. The summed E-state index contributed by atoms with van der Waals surface area (Å²) in [6.07, 6.45) is 1.59. The van der Waals surface area contributed by atoms with Gasteiger partial charge in [0.1, 0.15) is 11.5 Å². The Morgan fingerprint density at radius 2 is 1.90 bits per heavy atom. The molecular weight excluding hydrogens is 461 g/mol. The van der Waals surface area contributed by atoms with Gasteiger partial charge in [-0.25, -0.2) is 22.5 Å². The molecule has 3 rings (SSSR count). The summed E-state index contributed by atoms with van der Waals surface area (Å²) in [5, 5.41) is 1.20. The molecule has 1 N–H and O–H groups in total. The van der Waals surface area contributed by atoms with Crippen molar-refractivity contribution in [1.82, 2.24) is 9.71 Å². The summed E-state index contributed by atoms with van der Waals surface area (Å²) in [5.74, 6) is -1.11. The molecule has 0 spiro atoms. The van der Waals surface area contributed by atoms with Gasteiger partial charge in [-0.2, -0.15) is 0 Å². The molecule has 164 valence electrons. The molecular formula is C21H21ClFN3O3S2. The highest BCUT2D eigenvalue weighted by Crippen LogP contribution is 2.28. The van der Waals surface area contributed by atoms with Crippen LogP contribution in [0.4, 0.5) is 9.52 Å². The van der Waals surface area contributed by atoms with Gasteiger partial charge in [0.2, 0.25) is 10.0 Å². The van der Waals surface area contributed by atoms with Crippen molar-refractivity contribution < 1.29 is 17.6 Å². The van der Waals surface area contributed by atoms with Crippen molar-refractivity contribution >= 4 is 44.0 Å². The first-order valence-corrected chi connectivity index (χ1v) is 12.4. The zero-order valence-corrected chi connectivity index (χ0v) is 19.3. The number of anilines is 1. The fourth-order valence-electron chi connectivity index (χ4n) is 2.96. The zero-order valence-electron chi connectivity index (χ0n) is 16.9. The van der Waals surface area contributed by atoms with Crippen molar-refractivity contribution in [1.29, 1.82) is 0 Å². The third kappa shape index (κ3) is 6.75. The van der Waals surface area contributed by atoms with Crippen molar-refractivity contribution in [2.45, 2.75) is 19.9 Å². The molecule has 0 radical (unpaired) electrons. The van der Waals surface area contributed by atoms with Crippen LogP contribution in [0.3, 0.4) is 0 Å². The molecule has 0 aliphatic carbocycles. The lowest BCUT2D eigenvalue weighted by Gasteiger charge is -2.22. The summed E-state index contributed by atoms with van der Waals surface area (Å²) in [7, 11) is -3.70. The lowest BCUT2D eigenvalue weighted by atomic mass is 10.1. The number of halogens is 2. The molecule has 2 aromatic carbocycles. The summed E-state index contributed by atoms with van der Waals surface area (Å²) >= 11 is 7.24. The van der Waals surface area contributed by atoms with Crippen LogP contribution >= 0.6 is 22.9 Å². The van der Waals surface area contributed by atoms with E-state index in [1.165, 1.54) is 23.5 Å². The van der Waals surface area contributed by atoms with Crippen molar-refractivity contribution in [2.24, 2.45) is 0 Å². The summed E-state index contributed by atoms with van der Waals surface area (Å²) in [5.41, 5.74) is 1.88. The van der Waals surface area contributed by atoms with E-state index in [1.807, 2.05) is 40.0 Å². The molecule has 0 unspecified atom stereocenters. The fourth-order valence-corrected chi connectivity index (χ4v) is 4.45. The lowest BCUT2D eigenvalue weighted by Crippen LogP contribution is -2.30. The number of carbonyl (C=O) groups excluding carboxylic acids is 1. The van der Waals surface area contributed by atoms with E-state index < -0.39 is 15.9 Å². The van der Waals surface area contributed by atoms with Gasteiger partial charge in [-0.15, -0.1) is 11.3 Å². The first kappa shape index (κ1) is 23.2. The zero-order chi connectivity index (χ0) is 22.6. The van der Waals surface area contributed by atoms with Crippen LogP contribution in [0, 0.1) is 12.7 Å². The van der Waals surface area contributed by atoms with Crippen LogP contribution in [-0.2, 0) is 23.0 Å². The average molecular weight is 482 g/mol. The highest BCUT2D eigenvalue weighted by Gasteiger charge is 2.21. The molecule has 0 bridgehead atoms. The van der Waals surface area contributed by atoms with Crippen molar-refractivity contribution in [3.63, 3.8) is 0 Å². The maximum absolute atomic E-state index is 13.7. The van der Waals surface area contributed by atoms with Gasteiger partial charge < -0.3 is 4.90 Å². The third-order valence-electron chi connectivity index (χ3n) is 4.40. The molecule has 31 heavy (non-hydrogen) atoms. The van der Waals surface area contributed by atoms with Crippen molar-refractivity contribution in [3.8, 4) is 0 Å². The Morgan fingerprint density at radius 3 is 2.55 bits per heavy atom. The van der Waals surface area contributed by atoms with E-state index >= 15 is 0 Å². The normalized spacial score (nSPS) is 11.4. The monoisotopic (exact) mass is 481 g/mol. The number of rotatable bonds is 8. The number of nitrogens with one attached hydrogen (secondary N) is 1. The van der Waals surface area contributed by atoms with Gasteiger partial charge in [-0.3, -0.25) is 4.79 Å². The lowest BCUT2D eigenvalue weighted by molar-refractivity contribution is 0.0977. The molecule has 10 heteroatoms. The molecule has 1 heterocycles. The maximum Gasteiger partial charge on any atom is 0.284 e. The smallest absolute Gasteiger partial charge is 0.284 e. The van der Waals surface area contributed by atoms with Crippen LogP contribution in [0.15, 0.2) is 48.5 Å². The van der Waals surface area contributed by atoms with Gasteiger partial charge in [0.15, 0.2) is 5.13 Å². The number of sulfonamides is 1. The largest absolute Gasteiger partial charge is 0.343 e. The van der Waals surface area contributed by atoms with E-state index in [4.69, 9.17) is 11.6 Å². The predicted octanol–water partition coefficient (Wildman–Crippen LogP) is 4.18. The van der Waals surface area contributed by atoms with Gasteiger partial charge in [-0.1, -0.05) is 35.9 Å². The van der Waals surface area contributed by atoms with Crippen LogP contribution in [0.5, 0.6) is 0 Å². The first-order chi connectivity index (χ1) is 14.6. The van der Waals surface area contributed by atoms with Crippen LogP contribution in [-0.4, -0.2) is 32.1 Å². The van der Waals surface area contributed by atoms with Crippen molar-refractivity contribution in [3.05, 3.63) is 81.1 Å². The summed E-state index contributed by atoms with van der Waals surface area (Å²) in [6.45, 7) is 2.64. The van der Waals surface area contributed by atoms with Crippen LogP contribution < -0.4 is 9.62 Å². The Kier molecular flexibility index (Phi) is 7.30. The number of nitrogens with zero attached hydrogens (tertiary/aromatic N) is 2. The topological polar surface area (TPSA) is 79.4 Å². The Bertz CT molecular complexity index is 1180. The van der Waals surface area contributed by atoms with Gasteiger partial charge in [0.05, 0.1) is 6.26 Å². The summed E-state index contributed by atoms with van der Waals surface area (Å²) < 4.78 is 38.5. The quantitative estimate of drug-likeness (QED) is 0.522. The molecule has 0 saturated carbocycles. The maximum atomic E-state index is 13.7. The number of aryl methyl sites for hydroxylation is 1. The first-order valence-electron chi connectivity index (χ1n) is 9.34. The Balaban J connectivity index is 1.87. The third-order valence-corrected chi connectivity index (χ3v) is 6.23. The van der Waals surface area contributed by atoms with E-state index in [0.717, 1.165) is 17.4 Å². The second kappa shape index (κ2) is 9.76. The van der Waals surface area contributed by atoms with Crippen LogP contribution in [0.2, 0.25) is 5.02 Å². The molecule has 1 aromatic heterocycles. The molecule has 0 aliphatic rings. The molecule has 1 amide bonds. The standard InChI is InChI=1S/C21H21ClFN3O3S2/c1-14-19(20(27)25-31(2,28)29)24-21(30-14)26(13-16-4-3-5-18(23)12-16)11-10-15-6-8-17(22)9-7-15/h3-9,12H,10-11,13H2,1-2H3,(H,25,27). The molecule has 0 fully saturated rings.